The topological polar surface area (TPSA) is 65.1 Å². The minimum Gasteiger partial charge on any atom is -0.490 e. The Labute approximate surface area is 239 Å². The van der Waals surface area contributed by atoms with Crippen molar-refractivity contribution in [3.05, 3.63) is 80.1 Å². The molecule has 0 saturated carbocycles. The molecule has 0 unspecified atom stereocenters. The van der Waals surface area contributed by atoms with Crippen LogP contribution in [0.3, 0.4) is 0 Å². The van der Waals surface area contributed by atoms with Gasteiger partial charge in [-0.05, 0) is 68.0 Å². The molecule has 0 spiro atoms. The fourth-order valence-electron chi connectivity index (χ4n) is 5.90. The molecule has 8 heteroatoms. The highest BCUT2D eigenvalue weighted by Crippen LogP contribution is 2.51. The summed E-state index contributed by atoms with van der Waals surface area (Å²) in [4.78, 5) is 29.2. The molecule has 0 bridgehead atoms. The molecule has 2 aromatic rings. The standard InChI is InChI=1S/C31H33Cl2NO5/c1-3-38-27-17-20(16-22(33)31(27)39-18-19-10-12-21(32)13-11-19)28-29-23(6-4-8-25(29)35)34(14-15-37-2)24-7-5-9-26(36)30(24)28/h10-13,16-17,28H,3-9,14-15,18H2,1-2H3. The lowest BCUT2D eigenvalue weighted by Gasteiger charge is -2.44. The van der Waals surface area contributed by atoms with Gasteiger partial charge < -0.3 is 19.1 Å². The maximum Gasteiger partial charge on any atom is 0.180 e. The fraction of sp³-hybridized carbons (Fsp3) is 0.419. The van der Waals surface area contributed by atoms with E-state index in [2.05, 4.69) is 4.90 Å². The summed E-state index contributed by atoms with van der Waals surface area (Å²) in [6.07, 6.45) is 4.12. The van der Waals surface area contributed by atoms with Crippen LogP contribution < -0.4 is 9.47 Å². The van der Waals surface area contributed by atoms with Crippen molar-refractivity contribution < 1.29 is 23.8 Å². The lowest BCUT2D eigenvalue weighted by molar-refractivity contribution is -0.117. The van der Waals surface area contributed by atoms with Gasteiger partial charge in [0.2, 0.25) is 0 Å². The monoisotopic (exact) mass is 569 g/mol. The molecule has 206 valence electrons. The molecule has 0 saturated heterocycles. The molecule has 39 heavy (non-hydrogen) atoms. The van der Waals surface area contributed by atoms with Crippen molar-refractivity contribution in [2.24, 2.45) is 0 Å². The molecule has 0 fully saturated rings. The number of ketones is 2. The summed E-state index contributed by atoms with van der Waals surface area (Å²) in [5, 5.41) is 1.03. The van der Waals surface area contributed by atoms with Crippen LogP contribution in [-0.2, 0) is 20.9 Å². The van der Waals surface area contributed by atoms with E-state index in [-0.39, 0.29) is 18.2 Å². The number of carbonyl (C=O) groups excluding carboxylic acids is 2. The van der Waals surface area contributed by atoms with Gasteiger partial charge in [0, 0.05) is 60.0 Å². The average molecular weight is 571 g/mol. The SMILES string of the molecule is CCOc1cc(C2C3=C(CCCC3=O)N(CCOC)C3=C2C(=O)CCC3)cc(Cl)c1OCc1ccc(Cl)cc1. The van der Waals surface area contributed by atoms with Crippen molar-refractivity contribution in [2.45, 2.75) is 58.0 Å². The molecule has 0 amide bonds. The van der Waals surface area contributed by atoms with E-state index in [1.54, 1.807) is 7.11 Å². The Kier molecular flexibility index (Phi) is 8.65. The van der Waals surface area contributed by atoms with Gasteiger partial charge in [0.1, 0.15) is 6.61 Å². The van der Waals surface area contributed by atoms with Gasteiger partial charge in [-0.1, -0.05) is 35.3 Å². The van der Waals surface area contributed by atoms with Gasteiger partial charge in [-0.25, -0.2) is 0 Å². The number of carbonyl (C=O) groups is 2. The highest BCUT2D eigenvalue weighted by atomic mass is 35.5. The molecule has 3 aliphatic rings. The van der Waals surface area contributed by atoms with Crippen LogP contribution in [0.2, 0.25) is 10.0 Å². The number of allylic oxidation sites excluding steroid dienone is 4. The zero-order chi connectivity index (χ0) is 27.5. The molecular weight excluding hydrogens is 537 g/mol. The Balaban J connectivity index is 1.60. The molecule has 2 aliphatic carbocycles. The van der Waals surface area contributed by atoms with Gasteiger partial charge in [0.15, 0.2) is 23.1 Å². The molecule has 0 N–H and O–H groups in total. The van der Waals surface area contributed by atoms with E-state index in [0.717, 1.165) is 48.2 Å². The van der Waals surface area contributed by atoms with Crippen LogP contribution in [0.4, 0.5) is 0 Å². The van der Waals surface area contributed by atoms with E-state index in [0.29, 0.717) is 65.3 Å². The molecule has 2 aromatic carbocycles. The quantitative estimate of drug-likeness (QED) is 0.323. The number of rotatable bonds is 9. The van der Waals surface area contributed by atoms with E-state index >= 15 is 0 Å². The van der Waals surface area contributed by atoms with Gasteiger partial charge >= 0.3 is 0 Å². The summed E-state index contributed by atoms with van der Waals surface area (Å²) in [6.45, 7) is 3.72. The highest BCUT2D eigenvalue weighted by molar-refractivity contribution is 6.32. The van der Waals surface area contributed by atoms with Gasteiger partial charge in [-0.2, -0.15) is 0 Å². The predicted molar refractivity (Wildman–Crippen MR) is 151 cm³/mol. The van der Waals surface area contributed by atoms with Crippen LogP contribution in [0.5, 0.6) is 11.5 Å². The number of hydrogen-bond acceptors (Lipinski definition) is 6. The predicted octanol–water partition coefficient (Wildman–Crippen LogP) is 7.03. The number of Topliss-reactive ketones (excluding diaryl/α,β-unsaturated/α-hetero) is 2. The molecule has 0 radical (unpaired) electrons. The summed E-state index contributed by atoms with van der Waals surface area (Å²) < 4.78 is 17.5. The number of benzene rings is 2. The molecule has 0 atom stereocenters. The van der Waals surface area contributed by atoms with E-state index in [4.69, 9.17) is 37.4 Å². The molecule has 1 aliphatic heterocycles. The van der Waals surface area contributed by atoms with Crippen LogP contribution in [-0.4, -0.2) is 43.3 Å². The largest absolute Gasteiger partial charge is 0.490 e. The van der Waals surface area contributed by atoms with Gasteiger partial charge in [-0.3, -0.25) is 9.59 Å². The maximum atomic E-state index is 13.5. The van der Waals surface area contributed by atoms with Crippen molar-refractivity contribution in [3.63, 3.8) is 0 Å². The summed E-state index contributed by atoms with van der Waals surface area (Å²) >= 11 is 12.9. The van der Waals surface area contributed by atoms with Crippen molar-refractivity contribution in [3.8, 4) is 11.5 Å². The van der Waals surface area contributed by atoms with E-state index in [1.807, 2.05) is 43.3 Å². The van der Waals surface area contributed by atoms with Gasteiger partial charge in [0.05, 0.1) is 18.2 Å². The van der Waals surface area contributed by atoms with E-state index in [9.17, 15) is 9.59 Å². The zero-order valence-corrected chi connectivity index (χ0v) is 23.9. The minimum absolute atomic E-state index is 0.0886. The normalized spacial score (nSPS) is 17.9. The van der Waals surface area contributed by atoms with Gasteiger partial charge in [-0.15, -0.1) is 0 Å². The zero-order valence-electron chi connectivity index (χ0n) is 22.4. The molecular formula is C31H33Cl2NO5. The average Bonchev–Trinajstić information content (AvgIpc) is 2.92. The third-order valence-corrected chi connectivity index (χ3v) is 8.10. The lowest BCUT2D eigenvalue weighted by atomic mass is 9.71. The first kappa shape index (κ1) is 27.8. The number of methoxy groups -OCH3 is 1. The Morgan fingerprint density at radius 3 is 2.13 bits per heavy atom. The van der Waals surface area contributed by atoms with Crippen molar-refractivity contribution >= 4 is 34.8 Å². The van der Waals surface area contributed by atoms with Crippen molar-refractivity contribution in [1.29, 1.82) is 0 Å². The van der Waals surface area contributed by atoms with E-state index < -0.39 is 5.92 Å². The molecule has 0 aromatic heterocycles. The Morgan fingerprint density at radius 2 is 1.54 bits per heavy atom. The van der Waals surface area contributed by atoms with E-state index in [1.165, 1.54) is 0 Å². The Morgan fingerprint density at radius 1 is 0.897 bits per heavy atom. The number of halogens is 2. The van der Waals surface area contributed by atoms with Crippen molar-refractivity contribution in [2.75, 3.05) is 26.9 Å². The third-order valence-electron chi connectivity index (χ3n) is 7.57. The van der Waals surface area contributed by atoms with Crippen LogP contribution in [0, 0.1) is 0 Å². The van der Waals surface area contributed by atoms with Crippen molar-refractivity contribution in [1.82, 2.24) is 4.90 Å². The highest BCUT2D eigenvalue weighted by Gasteiger charge is 2.43. The number of ether oxygens (including phenoxy) is 3. The van der Waals surface area contributed by atoms with Crippen LogP contribution in [0.15, 0.2) is 58.9 Å². The summed E-state index contributed by atoms with van der Waals surface area (Å²) in [6, 6.07) is 11.1. The second-order valence-corrected chi connectivity index (χ2v) is 10.9. The Bertz CT molecular complexity index is 1290. The van der Waals surface area contributed by atoms with Crippen LogP contribution in [0.25, 0.3) is 0 Å². The first-order valence-corrected chi connectivity index (χ1v) is 14.3. The molecule has 5 rings (SSSR count). The number of nitrogens with zero attached hydrogens (tertiary/aromatic N) is 1. The van der Waals surface area contributed by atoms with Crippen LogP contribution in [0.1, 0.15) is 62.5 Å². The number of hydrogen-bond donors (Lipinski definition) is 0. The third kappa shape index (κ3) is 5.60. The second-order valence-electron chi connectivity index (χ2n) is 10.0. The first-order valence-electron chi connectivity index (χ1n) is 13.5. The fourth-order valence-corrected chi connectivity index (χ4v) is 6.30. The minimum atomic E-state index is -0.476. The maximum absolute atomic E-state index is 13.5. The van der Waals surface area contributed by atoms with Crippen LogP contribution >= 0.6 is 23.2 Å². The summed E-state index contributed by atoms with van der Waals surface area (Å²) in [5.74, 6) is 0.627. The Hall–Kier alpha value is -2.80. The second kappa shape index (κ2) is 12.2. The van der Waals surface area contributed by atoms with Gasteiger partial charge in [0.25, 0.3) is 0 Å². The summed E-state index contributed by atoms with van der Waals surface area (Å²) in [5.41, 5.74) is 5.16. The smallest absolute Gasteiger partial charge is 0.180 e. The summed E-state index contributed by atoms with van der Waals surface area (Å²) in [7, 11) is 1.67. The first-order chi connectivity index (χ1) is 18.9. The lowest BCUT2D eigenvalue weighted by Crippen LogP contribution is -2.40. The molecule has 1 heterocycles. The molecule has 6 nitrogen and oxygen atoms in total.